The molecule has 1 nitrogen and oxygen atoms in total. The molecule has 0 aliphatic carbocycles. The molecular formula is C4H9AlO. The van der Waals surface area contributed by atoms with Crippen molar-refractivity contribution in [2.24, 2.45) is 0 Å². The first-order valence-corrected chi connectivity index (χ1v) is 4.77. The monoisotopic (exact) mass is 100 g/mol. The maximum atomic E-state index is 9.59. The van der Waals surface area contributed by atoms with Gasteiger partial charge in [-0.2, -0.15) is 0 Å². The Hall–Kier alpha value is 0.202. The van der Waals surface area contributed by atoms with Crippen molar-refractivity contribution in [3.05, 3.63) is 0 Å². The van der Waals surface area contributed by atoms with Crippen LogP contribution in [-0.4, -0.2) is 21.5 Å². The van der Waals surface area contributed by atoms with Gasteiger partial charge in [0.2, 0.25) is 15.2 Å². The molecule has 0 aliphatic heterocycles. The van der Waals surface area contributed by atoms with Gasteiger partial charge >= 0.3 is 0 Å². The number of carbonyl (C=O) groups is 1. The molecule has 0 heterocycles. The number of carbonyl (C=O) groups excluding carboxylic acids is 1. The van der Waals surface area contributed by atoms with Crippen molar-refractivity contribution in [2.45, 2.75) is 17.5 Å². The third kappa shape index (κ3) is 4.20. The maximum absolute atomic E-state index is 9.59. The standard InChI is InChI=1S/C3H5O.CH3.Al.H/c1-2-3-4;;;/h3H,1-2H2;1H3;;. The van der Waals surface area contributed by atoms with Crippen LogP contribution >= 0.6 is 0 Å². The molecule has 0 aliphatic rings. The van der Waals surface area contributed by atoms with Crippen LogP contribution in [0.1, 0.15) is 6.42 Å². The molecule has 0 rings (SSSR count). The fourth-order valence-electron chi connectivity index (χ4n) is 0.287. The average Bonchev–Trinajstić information content (AvgIpc) is 1.61. The second kappa shape index (κ2) is 5.20. The van der Waals surface area contributed by atoms with Crippen molar-refractivity contribution >= 4 is 21.5 Å². The SMILES string of the molecule is [CH3][AlH][CH2]CC=O. The molecule has 0 saturated carbocycles. The lowest BCUT2D eigenvalue weighted by Crippen LogP contribution is -1.79. The Bertz CT molecular complexity index is 36.5. The number of hydrogen-bond acceptors (Lipinski definition) is 1. The van der Waals surface area contributed by atoms with Crippen LogP contribution in [0.5, 0.6) is 0 Å². The minimum atomic E-state index is 0.172. The summed E-state index contributed by atoms with van der Waals surface area (Å²) < 4.78 is 0. The van der Waals surface area contributed by atoms with Crippen LogP contribution in [0.4, 0.5) is 0 Å². The topological polar surface area (TPSA) is 17.1 Å². The van der Waals surface area contributed by atoms with Gasteiger partial charge in [0.1, 0.15) is 6.29 Å². The first-order valence-electron chi connectivity index (χ1n) is 2.35. The van der Waals surface area contributed by atoms with Gasteiger partial charge in [-0.15, -0.1) is 5.79 Å². The van der Waals surface area contributed by atoms with Gasteiger partial charge in [-0.3, -0.25) is 0 Å². The van der Waals surface area contributed by atoms with E-state index in [0.717, 1.165) is 12.7 Å². The predicted molar refractivity (Wildman–Crippen MR) is 28.5 cm³/mol. The average molecular weight is 100 g/mol. The quantitative estimate of drug-likeness (QED) is 0.286. The van der Waals surface area contributed by atoms with Gasteiger partial charge in [0, 0.05) is 0 Å². The smallest absolute Gasteiger partial charge is 0.234 e. The number of rotatable bonds is 3. The summed E-state index contributed by atoms with van der Waals surface area (Å²) >= 11 is 0.172. The van der Waals surface area contributed by atoms with Crippen LogP contribution in [0.2, 0.25) is 11.1 Å². The Balaban J connectivity index is 2.49. The Morgan fingerprint density at radius 3 is 2.67 bits per heavy atom. The van der Waals surface area contributed by atoms with Crippen molar-refractivity contribution in [3.8, 4) is 0 Å². The molecule has 0 spiro atoms. The van der Waals surface area contributed by atoms with Crippen LogP contribution in [0.3, 0.4) is 0 Å². The maximum Gasteiger partial charge on any atom is 0.234 e. The highest BCUT2D eigenvalue weighted by Gasteiger charge is 1.79. The molecule has 34 valence electrons. The van der Waals surface area contributed by atoms with Gasteiger partial charge in [0.25, 0.3) is 0 Å². The highest BCUT2D eigenvalue weighted by Crippen LogP contribution is 1.79. The number of aldehydes is 1. The normalized spacial score (nSPS) is 7.50. The lowest BCUT2D eigenvalue weighted by Gasteiger charge is -1.75. The summed E-state index contributed by atoms with van der Waals surface area (Å²) in [5.41, 5.74) is 0. The molecule has 0 saturated heterocycles. The number of hydrogen-bond donors (Lipinski definition) is 0. The molecule has 0 fully saturated rings. The van der Waals surface area contributed by atoms with Crippen molar-refractivity contribution in [3.63, 3.8) is 0 Å². The van der Waals surface area contributed by atoms with Crippen molar-refractivity contribution in [1.29, 1.82) is 0 Å². The van der Waals surface area contributed by atoms with Gasteiger partial charge in [0.15, 0.2) is 0 Å². The van der Waals surface area contributed by atoms with Crippen molar-refractivity contribution in [1.82, 2.24) is 0 Å². The largest absolute Gasteiger partial charge is 0.303 e. The molecule has 0 aromatic carbocycles. The zero-order chi connectivity index (χ0) is 4.83. The van der Waals surface area contributed by atoms with Crippen LogP contribution in [-0.2, 0) is 4.79 Å². The van der Waals surface area contributed by atoms with E-state index in [4.69, 9.17) is 0 Å². The molecule has 0 radical (unpaired) electrons. The zero-order valence-electron chi connectivity index (χ0n) is 4.11. The van der Waals surface area contributed by atoms with E-state index >= 15 is 0 Å². The first kappa shape index (κ1) is 6.20. The van der Waals surface area contributed by atoms with E-state index < -0.39 is 0 Å². The summed E-state index contributed by atoms with van der Waals surface area (Å²) in [5.74, 6) is 2.21. The van der Waals surface area contributed by atoms with Gasteiger partial charge in [-0.25, -0.2) is 0 Å². The van der Waals surface area contributed by atoms with Crippen LogP contribution in [0.25, 0.3) is 0 Å². The molecule has 0 aromatic rings. The third-order valence-corrected chi connectivity index (χ3v) is 1.79. The Kier molecular flexibility index (Phi) is 5.38. The molecule has 0 amide bonds. The Labute approximate surface area is 44.5 Å². The van der Waals surface area contributed by atoms with Crippen molar-refractivity contribution in [2.75, 3.05) is 0 Å². The van der Waals surface area contributed by atoms with Crippen LogP contribution in [0, 0.1) is 0 Å². The minimum Gasteiger partial charge on any atom is -0.303 e. The van der Waals surface area contributed by atoms with E-state index in [1.54, 1.807) is 0 Å². The summed E-state index contributed by atoms with van der Waals surface area (Å²) in [6.45, 7) is 0. The molecule has 2 heteroatoms. The summed E-state index contributed by atoms with van der Waals surface area (Å²) in [6.07, 6.45) is 1.79. The molecule has 0 atom stereocenters. The predicted octanol–water partition coefficient (Wildman–Crippen LogP) is 0.478. The summed E-state index contributed by atoms with van der Waals surface area (Å²) in [7, 11) is 0. The fraction of sp³-hybridized carbons (Fsp3) is 0.750. The third-order valence-electron chi connectivity index (χ3n) is 0.676. The second-order valence-corrected chi connectivity index (χ2v) is 3.02. The molecule has 0 unspecified atom stereocenters. The second-order valence-electron chi connectivity index (χ2n) is 1.31. The molecule has 6 heavy (non-hydrogen) atoms. The van der Waals surface area contributed by atoms with Crippen molar-refractivity contribution < 1.29 is 4.79 Å². The zero-order valence-corrected chi connectivity index (χ0v) is 5.52. The minimum absolute atomic E-state index is 0.172. The summed E-state index contributed by atoms with van der Waals surface area (Å²) in [4.78, 5) is 9.59. The Morgan fingerprint density at radius 1 is 1.83 bits per heavy atom. The first-order chi connectivity index (χ1) is 2.91. The van der Waals surface area contributed by atoms with Crippen LogP contribution < -0.4 is 0 Å². The van der Waals surface area contributed by atoms with E-state index in [1.165, 1.54) is 5.28 Å². The van der Waals surface area contributed by atoms with E-state index in [-0.39, 0.29) is 15.2 Å². The van der Waals surface area contributed by atoms with E-state index in [1.807, 2.05) is 0 Å². The van der Waals surface area contributed by atoms with Gasteiger partial charge in [0.05, 0.1) is 0 Å². The van der Waals surface area contributed by atoms with E-state index in [0.29, 0.717) is 0 Å². The highest BCUT2D eigenvalue weighted by atomic mass is 27.1. The highest BCUT2D eigenvalue weighted by molar-refractivity contribution is 6.33. The van der Waals surface area contributed by atoms with E-state index in [9.17, 15) is 4.79 Å². The van der Waals surface area contributed by atoms with Gasteiger partial charge in [-0.1, -0.05) is 5.28 Å². The molecule has 0 aromatic heterocycles. The fourth-order valence-corrected chi connectivity index (χ4v) is 0.862. The Morgan fingerprint density at radius 2 is 2.50 bits per heavy atom. The lowest BCUT2D eigenvalue weighted by molar-refractivity contribution is -0.107. The lowest BCUT2D eigenvalue weighted by atomic mass is 10.6. The van der Waals surface area contributed by atoms with E-state index in [2.05, 4.69) is 5.79 Å². The summed E-state index contributed by atoms with van der Waals surface area (Å²) in [6, 6.07) is 0. The molecule has 0 N–H and O–H groups in total. The van der Waals surface area contributed by atoms with Crippen LogP contribution in [0.15, 0.2) is 0 Å². The molecular weight excluding hydrogens is 91.0 g/mol. The summed E-state index contributed by atoms with van der Waals surface area (Å²) in [5, 5.41) is 1.18. The molecule has 0 bridgehead atoms. The van der Waals surface area contributed by atoms with Gasteiger partial charge < -0.3 is 4.79 Å². The van der Waals surface area contributed by atoms with Gasteiger partial charge in [-0.05, 0) is 6.42 Å².